The van der Waals surface area contributed by atoms with Crippen LogP contribution in [0.25, 0.3) is 0 Å². The summed E-state index contributed by atoms with van der Waals surface area (Å²) in [4.78, 5) is 11.3. The summed E-state index contributed by atoms with van der Waals surface area (Å²) in [7, 11) is 1.33. The summed E-state index contributed by atoms with van der Waals surface area (Å²) in [6.07, 6.45) is 0. The van der Waals surface area contributed by atoms with Gasteiger partial charge in [-0.05, 0) is 41.5 Å². The highest BCUT2D eigenvalue weighted by Gasteiger charge is 2.33. The quantitative estimate of drug-likeness (QED) is 0.660. The highest BCUT2D eigenvalue weighted by molar-refractivity contribution is 5.70. The molecule has 2 atom stereocenters. The highest BCUT2D eigenvalue weighted by Crippen LogP contribution is 2.47. The Labute approximate surface area is 169 Å². The average molecular weight is 390 g/mol. The number of phenolic OH excluding ortho intramolecular Hbond substituents is 1. The van der Waals surface area contributed by atoms with Crippen molar-refractivity contribution in [1.82, 2.24) is 0 Å². The topological polar surface area (TPSA) is 65.0 Å². The number of hydrogen-bond acceptors (Lipinski definition) is 5. The number of methoxy groups -OCH3 is 1. The summed E-state index contributed by atoms with van der Waals surface area (Å²) in [5, 5.41) is 10.1. The van der Waals surface area contributed by atoms with Gasteiger partial charge in [-0.3, -0.25) is 0 Å². The Morgan fingerprint density at radius 1 is 1.03 bits per heavy atom. The van der Waals surface area contributed by atoms with Crippen LogP contribution in [0.15, 0.2) is 72.8 Å². The zero-order chi connectivity index (χ0) is 20.2. The maximum Gasteiger partial charge on any atom is 0.343 e. The third-order valence-electron chi connectivity index (χ3n) is 5.20. The smallest absolute Gasteiger partial charge is 0.343 e. The second-order valence-corrected chi connectivity index (χ2v) is 6.96. The predicted molar refractivity (Wildman–Crippen MR) is 109 cm³/mol. The number of benzene rings is 3. The van der Waals surface area contributed by atoms with E-state index in [0.29, 0.717) is 12.4 Å². The molecule has 1 aliphatic heterocycles. The molecule has 1 heterocycles. The molecule has 0 bridgehead atoms. The normalized spacial score (nSPS) is 17.7. The van der Waals surface area contributed by atoms with E-state index in [4.69, 9.17) is 9.47 Å². The Morgan fingerprint density at radius 2 is 1.79 bits per heavy atom. The third kappa shape index (κ3) is 4.04. The van der Waals surface area contributed by atoms with Gasteiger partial charge in [0.05, 0.1) is 13.7 Å². The lowest BCUT2D eigenvalue weighted by Gasteiger charge is -2.34. The Balaban J connectivity index is 1.69. The third-order valence-corrected chi connectivity index (χ3v) is 5.20. The van der Waals surface area contributed by atoms with Crippen LogP contribution in [0.2, 0.25) is 0 Å². The molecule has 3 aromatic carbocycles. The molecule has 148 valence electrons. The van der Waals surface area contributed by atoms with Crippen molar-refractivity contribution < 1.29 is 24.1 Å². The van der Waals surface area contributed by atoms with Gasteiger partial charge in [0.2, 0.25) is 0 Å². The molecule has 0 aliphatic carbocycles. The second kappa shape index (κ2) is 8.27. The average Bonchev–Trinajstić information content (AvgIpc) is 2.77. The molecular formula is C24H22O5. The number of ether oxygens (including phenoxy) is 3. The van der Waals surface area contributed by atoms with Gasteiger partial charge in [0, 0.05) is 17.4 Å². The van der Waals surface area contributed by atoms with E-state index in [0.717, 1.165) is 16.9 Å². The summed E-state index contributed by atoms with van der Waals surface area (Å²) in [5.41, 5.74) is 3.21. The van der Waals surface area contributed by atoms with E-state index in [2.05, 4.69) is 16.9 Å². The van der Waals surface area contributed by atoms with Gasteiger partial charge in [-0.1, -0.05) is 42.5 Å². The van der Waals surface area contributed by atoms with Gasteiger partial charge in [0.1, 0.15) is 17.2 Å². The number of esters is 1. The first-order valence-electron chi connectivity index (χ1n) is 9.46. The molecule has 5 nitrogen and oxygen atoms in total. The fraction of sp³-hybridized carbons (Fsp3) is 0.208. The van der Waals surface area contributed by atoms with Gasteiger partial charge in [-0.2, -0.15) is 0 Å². The van der Waals surface area contributed by atoms with Gasteiger partial charge >= 0.3 is 5.97 Å². The Morgan fingerprint density at radius 3 is 2.52 bits per heavy atom. The molecule has 2 unspecified atom stereocenters. The van der Waals surface area contributed by atoms with Crippen LogP contribution >= 0.6 is 0 Å². The monoisotopic (exact) mass is 390 g/mol. The van der Waals surface area contributed by atoms with Crippen LogP contribution < -0.4 is 9.47 Å². The van der Waals surface area contributed by atoms with E-state index in [1.165, 1.54) is 12.7 Å². The van der Waals surface area contributed by atoms with Gasteiger partial charge < -0.3 is 19.3 Å². The minimum absolute atomic E-state index is 0.0166. The summed E-state index contributed by atoms with van der Waals surface area (Å²) in [5.74, 6) is 1.29. The van der Waals surface area contributed by atoms with Gasteiger partial charge in [-0.25, -0.2) is 4.79 Å². The number of hydrogen-bond donors (Lipinski definition) is 1. The predicted octanol–water partition coefficient (Wildman–Crippen LogP) is 4.25. The van der Waals surface area contributed by atoms with Crippen molar-refractivity contribution in [3.05, 3.63) is 89.5 Å². The molecule has 0 amide bonds. The molecule has 3 aromatic rings. The van der Waals surface area contributed by atoms with Crippen molar-refractivity contribution >= 4 is 5.97 Å². The van der Waals surface area contributed by atoms with Gasteiger partial charge in [0.15, 0.2) is 6.61 Å². The first-order chi connectivity index (χ1) is 14.2. The summed E-state index contributed by atoms with van der Waals surface area (Å²) in [6.45, 7) is 0.420. The van der Waals surface area contributed by atoms with Crippen molar-refractivity contribution in [2.24, 2.45) is 0 Å². The lowest BCUT2D eigenvalue weighted by molar-refractivity contribution is -0.142. The summed E-state index contributed by atoms with van der Waals surface area (Å²) >= 11 is 0. The molecule has 5 heteroatoms. The van der Waals surface area contributed by atoms with Gasteiger partial charge in [0.25, 0.3) is 0 Å². The Bertz CT molecular complexity index is 982. The first-order valence-corrected chi connectivity index (χ1v) is 9.46. The molecule has 0 fully saturated rings. The van der Waals surface area contributed by atoms with Crippen LogP contribution in [0.1, 0.15) is 28.5 Å². The molecular weight excluding hydrogens is 368 g/mol. The van der Waals surface area contributed by atoms with Crippen LogP contribution in [0.4, 0.5) is 0 Å². The fourth-order valence-corrected chi connectivity index (χ4v) is 3.78. The van der Waals surface area contributed by atoms with Gasteiger partial charge in [-0.15, -0.1) is 0 Å². The molecule has 1 aliphatic rings. The van der Waals surface area contributed by atoms with E-state index in [9.17, 15) is 9.90 Å². The van der Waals surface area contributed by atoms with Crippen molar-refractivity contribution in [1.29, 1.82) is 0 Å². The van der Waals surface area contributed by atoms with Crippen molar-refractivity contribution in [2.45, 2.75) is 11.8 Å². The summed E-state index contributed by atoms with van der Waals surface area (Å²) < 4.78 is 16.1. The zero-order valence-electron chi connectivity index (χ0n) is 16.1. The standard InChI is InChI=1S/C24H22O5/c1-27-23(26)15-28-19-10-7-17(8-11-19)24-20-13-18(25)9-12-22(20)29-14-21(24)16-5-3-2-4-6-16/h2-13,21,24-25H,14-15H2,1H3. The molecule has 1 N–H and O–H groups in total. The SMILES string of the molecule is COC(=O)COc1ccc(C2c3cc(O)ccc3OCC2c2ccccc2)cc1. The summed E-state index contributed by atoms with van der Waals surface area (Å²) in [6, 6.07) is 23.1. The number of rotatable bonds is 5. The maximum atomic E-state index is 11.3. The van der Waals surface area contributed by atoms with Crippen molar-refractivity contribution in [3.8, 4) is 17.2 Å². The van der Waals surface area contributed by atoms with Crippen molar-refractivity contribution in [2.75, 3.05) is 20.3 Å². The lowest BCUT2D eigenvalue weighted by Crippen LogP contribution is -2.25. The second-order valence-electron chi connectivity index (χ2n) is 6.96. The van der Waals surface area contributed by atoms with Crippen molar-refractivity contribution in [3.63, 3.8) is 0 Å². The van der Waals surface area contributed by atoms with E-state index in [-0.39, 0.29) is 24.2 Å². The van der Waals surface area contributed by atoms with Crippen LogP contribution in [-0.2, 0) is 9.53 Å². The van der Waals surface area contributed by atoms with Crippen LogP contribution in [0, 0.1) is 0 Å². The van der Waals surface area contributed by atoms with E-state index >= 15 is 0 Å². The van der Waals surface area contributed by atoms with E-state index in [1.807, 2.05) is 48.5 Å². The maximum absolute atomic E-state index is 11.3. The minimum Gasteiger partial charge on any atom is -0.508 e. The molecule has 0 aromatic heterocycles. The molecule has 0 saturated carbocycles. The molecule has 4 rings (SSSR count). The van der Waals surface area contributed by atoms with E-state index in [1.54, 1.807) is 12.1 Å². The number of aromatic hydroxyl groups is 1. The van der Waals surface area contributed by atoms with Crippen LogP contribution in [0.3, 0.4) is 0 Å². The molecule has 29 heavy (non-hydrogen) atoms. The Kier molecular flexibility index (Phi) is 5.38. The minimum atomic E-state index is -0.424. The molecule has 0 saturated heterocycles. The molecule has 0 radical (unpaired) electrons. The zero-order valence-corrected chi connectivity index (χ0v) is 16.1. The largest absolute Gasteiger partial charge is 0.508 e. The van der Waals surface area contributed by atoms with Crippen LogP contribution in [0.5, 0.6) is 17.2 Å². The molecule has 0 spiro atoms. The number of phenols is 1. The highest BCUT2D eigenvalue weighted by atomic mass is 16.6. The van der Waals surface area contributed by atoms with E-state index < -0.39 is 5.97 Å². The number of carbonyl (C=O) groups excluding carboxylic acids is 1. The fourth-order valence-electron chi connectivity index (χ4n) is 3.78. The number of carbonyl (C=O) groups is 1. The lowest BCUT2D eigenvalue weighted by atomic mass is 9.76. The van der Waals surface area contributed by atoms with Crippen LogP contribution in [-0.4, -0.2) is 31.4 Å². The first kappa shape index (κ1) is 18.9. The number of fused-ring (bicyclic) bond motifs is 1. The Hall–Kier alpha value is -3.47.